The smallest absolute Gasteiger partial charge is 0.00634 e. The zero-order valence-electron chi connectivity index (χ0n) is 11.7. The molecule has 0 unspecified atom stereocenters. The summed E-state index contributed by atoms with van der Waals surface area (Å²) >= 11 is 0. The van der Waals surface area contributed by atoms with Crippen LogP contribution >= 0.6 is 0 Å². The summed E-state index contributed by atoms with van der Waals surface area (Å²) in [6.07, 6.45) is 2.11. The molecule has 1 aliphatic carbocycles. The summed E-state index contributed by atoms with van der Waals surface area (Å²) in [6.45, 7) is 8.59. The van der Waals surface area contributed by atoms with Gasteiger partial charge < -0.3 is 0 Å². The molecule has 0 N–H and O–H groups in total. The lowest BCUT2D eigenvalue weighted by Crippen LogP contribution is -1.89. The molecule has 0 atom stereocenters. The van der Waals surface area contributed by atoms with Crippen molar-refractivity contribution in [3.63, 3.8) is 0 Å². The first kappa shape index (κ1) is 12.2. The maximum absolute atomic E-state index is 4.11. The minimum absolute atomic E-state index is 0.578. The average Bonchev–Trinajstić information content (AvgIpc) is 2.77. The molecular weight excluding hydrogens is 228 g/mol. The van der Waals surface area contributed by atoms with Gasteiger partial charge in [-0.05, 0) is 46.6 Å². The Morgan fingerprint density at radius 3 is 2.42 bits per heavy atom. The van der Waals surface area contributed by atoms with Crippen LogP contribution in [0.2, 0.25) is 0 Å². The first-order chi connectivity index (χ1) is 9.13. The Bertz CT molecular complexity index is 632. The third kappa shape index (κ3) is 2.35. The van der Waals surface area contributed by atoms with Crippen molar-refractivity contribution in [2.45, 2.75) is 32.6 Å². The lowest BCUT2D eigenvalue weighted by molar-refractivity contribution is 0.867. The van der Waals surface area contributed by atoms with Crippen LogP contribution in [-0.4, -0.2) is 0 Å². The van der Waals surface area contributed by atoms with Gasteiger partial charge in [0, 0.05) is 0 Å². The van der Waals surface area contributed by atoms with E-state index in [0.717, 1.165) is 12.8 Å². The van der Waals surface area contributed by atoms with Crippen molar-refractivity contribution in [1.29, 1.82) is 0 Å². The summed E-state index contributed by atoms with van der Waals surface area (Å²) in [5.41, 5.74) is 8.30. The second kappa shape index (κ2) is 4.70. The van der Waals surface area contributed by atoms with Crippen LogP contribution in [-0.2, 0) is 12.8 Å². The van der Waals surface area contributed by atoms with E-state index in [1.54, 1.807) is 0 Å². The Balaban J connectivity index is 2.01. The Kier molecular flexibility index (Phi) is 3.02. The highest BCUT2D eigenvalue weighted by atomic mass is 14.2. The molecule has 0 heteroatoms. The Morgan fingerprint density at radius 2 is 1.63 bits per heavy atom. The predicted molar refractivity (Wildman–Crippen MR) is 82.5 cm³/mol. The van der Waals surface area contributed by atoms with Crippen molar-refractivity contribution in [3.8, 4) is 11.1 Å². The minimum atomic E-state index is 0.578. The van der Waals surface area contributed by atoms with Crippen molar-refractivity contribution in [2.75, 3.05) is 0 Å². The highest BCUT2D eigenvalue weighted by Gasteiger charge is 2.14. The molecule has 0 spiro atoms. The van der Waals surface area contributed by atoms with Crippen LogP contribution in [0.3, 0.4) is 0 Å². The molecular formula is C19H20. The van der Waals surface area contributed by atoms with Gasteiger partial charge in [0.1, 0.15) is 0 Å². The van der Waals surface area contributed by atoms with Gasteiger partial charge in [-0.2, -0.15) is 0 Å². The second-order valence-corrected chi connectivity index (χ2v) is 5.87. The van der Waals surface area contributed by atoms with E-state index in [2.05, 4.69) is 62.9 Å². The maximum Gasteiger partial charge on any atom is -0.00634 e. The number of fused-ring (bicyclic) bond motifs is 1. The lowest BCUT2D eigenvalue weighted by atomic mass is 9.96. The van der Waals surface area contributed by atoms with Gasteiger partial charge in [0.05, 0.1) is 0 Å². The molecule has 0 aliphatic heterocycles. The Hall–Kier alpha value is -1.82. The van der Waals surface area contributed by atoms with Gasteiger partial charge in [0.15, 0.2) is 0 Å². The number of hydrogen-bond donors (Lipinski definition) is 0. The zero-order chi connectivity index (χ0) is 13.4. The summed E-state index contributed by atoms with van der Waals surface area (Å²) < 4.78 is 0. The van der Waals surface area contributed by atoms with Crippen LogP contribution in [0.15, 0.2) is 54.6 Å². The van der Waals surface area contributed by atoms with E-state index in [1.165, 1.54) is 33.4 Å². The molecule has 0 heterocycles. The van der Waals surface area contributed by atoms with Crippen LogP contribution in [0.25, 0.3) is 11.1 Å². The van der Waals surface area contributed by atoms with Gasteiger partial charge in [-0.25, -0.2) is 0 Å². The molecule has 0 fully saturated rings. The topological polar surface area (TPSA) is 0 Å². The highest BCUT2D eigenvalue weighted by Crippen LogP contribution is 2.31. The van der Waals surface area contributed by atoms with Crippen molar-refractivity contribution in [2.24, 2.45) is 0 Å². The predicted octanol–water partition coefficient (Wildman–Crippen LogP) is 5.13. The Labute approximate surface area is 115 Å². The molecule has 0 bridgehead atoms. The summed E-state index contributed by atoms with van der Waals surface area (Å²) in [4.78, 5) is 0. The maximum atomic E-state index is 4.11. The second-order valence-electron chi connectivity index (χ2n) is 5.87. The van der Waals surface area contributed by atoms with Crippen LogP contribution < -0.4 is 0 Å². The van der Waals surface area contributed by atoms with Crippen LogP contribution in [0, 0.1) is 0 Å². The SMILES string of the molecule is C=C1Cc2ccc(-c3cccc(C(C)C)c3)cc2C1. The normalized spacial score (nSPS) is 13.9. The van der Waals surface area contributed by atoms with Crippen LogP contribution in [0.5, 0.6) is 0 Å². The summed E-state index contributed by atoms with van der Waals surface area (Å²) in [7, 11) is 0. The van der Waals surface area contributed by atoms with Crippen molar-refractivity contribution >= 4 is 0 Å². The fourth-order valence-corrected chi connectivity index (χ4v) is 2.82. The monoisotopic (exact) mass is 248 g/mol. The average molecular weight is 248 g/mol. The summed E-state index contributed by atoms with van der Waals surface area (Å²) in [6, 6.07) is 15.8. The third-order valence-corrected chi connectivity index (χ3v) is 3.97. The Morgan fingerprint density at radius 1 is 0.895 bits per heavy atom. The van der Waals surface area contributed by atoms with E-state index in [-0.39, 0.29) is 0 Å². The molecule has 0 saturated carbocycles. The number of hydrogen-bond acceptors (Lipinski definition) is 0. The third-order valence-electron chi connectivity index (χ3n) is 3.97. The molecule has 0 amide bonds. The first-order valence-corrected chi connectivity index (χ1v) is 7.02. The minimum Gasteiger partial charge on any atom is -0.0992 e. The largest absolute Gasteiger partial charge is 0.0992 e. The van der Waals surface area contributed by atoms with E-state index in [1.807, 2.05) is 0 Å². The first-order valence-electron chi connectivity index (χ1n) is 7.02. The molecule has 0 saturated heterocycles. The van der Waals surface area contributed by atoms with Gasteiger partial charge in [-0.3, -0.25) is 0 Å². The van der Waals surface area contributed by atoms with Crippen molar-refractivity contribution in [1.82, 2.24) is 0 Å². The van der Waals surface area contributed by atoms with E-state index in [0.29, 0.717) is 5.92 Å². The molecule has 2 aromatic carbocycles. The molecule has 96 valence electrons. The van der Waals surface area contributed by atoms with E-state index in [9.17, 15) is 0 Å². The van der Waals surface area contributed by atoms with E-state index >= 15 is 0 Å². The van der Waals surface area contributed by atoms with Gasteiger partial charge in [0.25, 0.3) is 0 Å². The molecule has 3 rings (SSSR count). The summed E-state index contributed by atoms with van der Waals surface area (Å²) in [5.74, 6) is 0.578. The fourth-order valence-electron chi connectivity index (χ4n) is 2.82. The zero-order valence-corrected chi connectivity index (χ0v) is 11.7. The fraction of sp³-hybridized carbons (Fsp3) is 0.263. The highest BCUT2D eigenvalue weighted by molar-refractivity contribution is 5.66. The van der Waals surface area contributed by atoms with Crippen LogP contribution in [0.1, 0.15) is 36.5 Å². The molecule has 1 aliphatic rings. The molecule has 2 aromatic rings. The molecule has 19 heavy (non-hydrogen) atoms. The molecule has 0 aromatic heterocycles. The van der Waals surface area contributed by atoms with Gasteiger partial charge in [0.2, 0.25) is 0 Å². The van der Waals surface area contributed by atoms with Crippen molar-refractivity contribution in [3.05, 3.63) is 71.3 Å². The molecule has 0 radical (unpaired) electrons. The number of rotatable bonds is 2. The van der Waals surface area contributed by atoms with E-state index < -0.39 is 0 Å². The quantitative estimate of drug-likeness (QED) is 0.646. The van der Waals surface area contributed by atoms with Crippen LogP contribution in [0.4, 0.5) is 0 Å². The van der Waals surface area contributed by atoms with Gasteiger partial charge in [-0.1, -0.05) is 68.5 Å². The molecule has 0 nitrogen and oxygen atoms in total. The van der Waals surface area contributed by atoms with Gasteiger partial charge in [-0.15, -0.1) is 0 Å². The number of allylic oxidation sites excluding steroid dienone is 1. The lowest BCUT2D eigenvalue weighted by Gasteiger charge is -2.09. The number of benzene rings is 2. The van der Waals surface area contributed by atoms with E-state index in [4.69, 9.17) is 0 Å². The summed E-state index contributed by atoms with van der Waals surface area (Å²) in [5, 5.41) is 0. The van der Waals surface area contributed by atoms with Gasteiger partial charge >= 0.3 is 0 Å². The van der Waals surface area contributed by atoms with Crippen molar-refractivity contribution < 1.29 is 0 Å². The standard InChI is InChI=1S/C19H20/c1-13(2)15-5-4-6-16(11-15)18-8-7-17-9-14(3)10-19(17)12-18/h4-8,11-13H,3,9-10H2,1-2H3.